The minimum atomic E-state index is -0.184. The van der Waals surface area contributed by atoms with Gasteiger partial charge in [-0.15, -0.1) is 34.5 Å². The fourth-order valence-corrected chi connectivity index (χ4v) is 3.17. The van der Waals surface area contributed by atoms with Crippen LogP contribution in [-0.4, -0.2) is 5.43 Å². The van der Waals surface area contributed by atoms with Crippen molar-refractivity contribution in [1.29, 1.82) is 0 Å². The summed E-state index contributed by atoms with van der Waals surface area (Å²) in [6.45, 7) is 13.3. The van der Waals surface area contributed by atoms with Gasteiger partial charge in [0.05, 0.1) is 0 Å². The molecule has 3 heteroatoms. The van der Waals surface area contributed by atoms with Crippen LogP contribution in [0, 0.1) is 33.5 Å². The molecule has 0 bridgehead atoms. The van der Waals surface area contributed by atoms with E-state index >= 15 is 0 Å². The van der Waals surface area contributed by atoms with E-state index in [9.17, 15) is 4.39 Å². The van der Waals surface area contributed by atoms with Crippen molar-refractivity contribution in [2.45, 2.75) is 40.8 Å². The number of benzene rings is 2. The maximum atomic E-state index is 13.2. The van der Waals surface area contributed by atoms with Crippen LogP contribution < -0.4 is 0 Å². The van der Waals surface area contributed by atoms with Crippen LogP contribution in [0.4, 0.5) is 4.39 Å². The summed E-state index contributed by atoms with van der Waals surface area (Å²) in [7, 11) is 0. The normalized spacial score (nSPS) is 10.1. The van der Waals surface area contributed by atoms with E-state index in [4.69, 9.17) is 0 Å². The summed E-state index contributed by atoms with van der Waals surface area (Å²) in [5, 5.41) is 2.06. The second-order valence-corrected chi connectivity index (χ2v) is 17.0. The molecule has 0 fully saturated rings. The summed E-state index contributed by atoms with van der Waals surface area (Å²) >= 11 is 1.74. The first-order valence-corrected chi connectivity index (χ1v) is 16.0. The minimum Gasteiger partial charge on any atom is -0.209 e. The van der Waals surface area contributed by atoms with Crippen LogP contribution in [-0.2, 0) is 23.3 Å². The van der Waals surface area contributed by atoms with Crippen LogP contribution >= 0.6 is 0 Å². The van der Waals surface area contributed by atoms with Crippen molar-refractivity contribution in [2.24, 2.45) is 0 Å². The van der Waals surface area contributed by atoms with Crippen LogP contribution in [0.15, 0.2) is 66.7 Å². The van der Waals surface area contributed by atoms with E-state index in [1.54, 1.807) is 29.4 Å². The number of rotatable bonds is 1. The van der Waals surface area contributed by atoms with Gasteiger partial charge >= 0.3 is 41.9 Å². The Balaban J connectivity index is 0.000000195. The first-order chi connectivity index (χ1) is 13.7. The molecule has 0 radical (unpaired) electrons. The fraction of sp³-hybridized carbons (Fsp3) is 0.231. The molecule has 0 unspecified atom stereocenters. The summed E-state index contributed by atoms with van der Waals surface area (Å²) in [4.78, 5) is 0. The van der Waals surface area contributed by atoms with Crippen LogP contribution in [0.5, 0.6) is 0 Å². The van der Waals surface area contributed by atoms with Crippen molar-refractivity contribution in [1.82, 2.24) is 0 Å². The molecular weight excluding hydrogens is 451 g/mol. The largest absolute Gasteiger partial charge is 0.209 e. The summed E-state index contributed by atoms with van der Waals surface area (Å²) in [6, 6.07) is 21.3. The molecule has 0 saturated carbocycles. The molecule has 0 aliphatic carbocycles. The number of aryl methyl sites for hydroxylation is 2. The third-order valence-electron chi connectivity index (χ3n) is 5.00. The predicted octanol–water partition coefficient (Wildman–Crippen LogP) is 7.79. The maximum Gasteiger partial charge on any atom is 0.104 e. The zero-order valence-electron chi connectivity index (χ0n) is 18.2. The van der Waals surface area contributed by atoms with Crippen molar-refractivity contribution in [3.05, 3.63) is 94.8 Å². The second kappa shape index (κ2) is 11.0. The molecule has 4 aromatic rings. The Morgan fingerprint density at radius 2 is 1.41 bits per heavy atom. The number of hydrogen-bond acceptors (Lipinski definition) is 0. The van der Waals surface area contributed by atoms with Gasteiger partial charge in [-0.25, -0.2) is 4.39 Å². The molecule has 4 rings (SSSR count). The Morgan fingerprint density at radius 3 is 1.90 bits per heavy atom. The molecule has 0 aromatic heterocycles. The first kappa shape index (κ1) is 23.7. The average Bonchev–Trinajstić information content (AvgIpc) is 3.19. The fourth-order valence-electron chi connectivity index (χ4n) is 3.17. The zero-order valence-corrected chi connectivity index (χ0v) is 21.7. The van der Waals surface area contributed by atoms with Crippen LogP contribution in [0.3, 0.4) is 0 Å². The maximum absolute atomic E-state index is 13.2. The van der Waals surface area contributed by atoms with Gasteiger partial charge in [0, 0.05) is 0 Å². The van der Waals surface area contributed by atoms with Gasteiger partial charge in [-0.3, -0.25) is 0 Å². The van der Waals surface area contributed by atoms with Gasteiger partial charge in [0.1, 0.15) is 5.82 Å². The molecule has 4 aromatic carbocycles. The van der Waals surface area contributed by atoms with Gasteiger partial charge in [-0.05, 0) is 0 Å². The second-order valence-electron chi connectivity index (χ2n) is 7.60. The van der Waals surface area contributed by atoms with Gasteiger partial charge in [0.15, 0.2) is 0 Å². The molecule has 29 heavy (non-hydrogen) atoms. The van der Waals surface area contributed by atoms with Crippen molar-refractivity contribution in [3.8, 4) is 11.1 Å². The van der Waals surface area contributed by atoms with Crippen molar-refractivity contribution < 1.29 is 27.7 Å². The summed E-state index contributed by atoms with van der Waals surface area (Å²) < 4.78 is 13.2. The number of hydrogen-bond donors (Lipinski definition) is 0. The van der Waals surface area contributed by atoms with Crippen molar-refractivity contribution >= 4 is 16.2 Å². The summed E-state index contributed by atoms with van der Waals surface area (Å²) in [5.74, 6) is -0.184. The third-order valence-corrected chi connectivity index (χ3v) is 5.00. The Morgan fingerprint density at radius 1 is 0.862 bits per heavy atom. The molecule has 0 amide bonds. The summed E-state index contributed by atoms with van der Waals surface area (Å²) in [6.07, 6.45) is 0. The third kappa shape index (κ3) is 6.73. The first-order valence-electron chi connectivity index (χ1n) is 9.83. The van der Waals surface area contributed by atoms with Gasteiger partial charge < -0.3 is 0 Å². The van der Waals surface area contributed by atoms with E-state index in [0.717, 1.165) is 21.9 Å². The predicted molar refractivity (Wildman–Crippen MR) is 123 cm³/mol. The van der Waals surface area contributed by atoms with Gasteiger partial charge in [0.2, 0.25) is 0 Å². The van der Waals surface area contributed by atoms with Gasteiger partial charge in [-0.1, -0.05) is 75.7 Å². The number of fused-ring (bicyclic) bond motifs is 1. The zero-order chi connectivity index (χ0) is 21.6. The van der Waals surface area contributed by atoms with Crippen LogP contribution in [0.1, 0.15) is 22.3 Å². The van der Waals surface area contributed by atoms with Crippen molar-refractivity contribution in [2.75, 3.05) is 0 Å². The van der Waals surface area contributed by atoms with Crippen LogP contribution in [0.25, 0.3) is 21.9 Å². The number of halogens is 1. The molecule has 0 spiro atoms. The Kier molecular flexibility index (Phi) is 8.99. The van der Waals surface area contributed by atoms with E-state index < -0.39 is 0 Å². The Labute approximate surface area is 189 Å². The molecule has 0 saturated heterocycles. The molecule has 0 aliphatic rings. The minimum absolute atomic E-state index is 0.184. The molecule has 0 atom stereocenters. The van der Waals surface area contributed by atoms with Gasteiger partial charge in [-0.2, -0.15) is 28.3 Å². The standard InChI is InChI=1S/C15H10F.C9H13.C2H6Si.Zr/c16-13-8-6-12-7-9-14(15(12)10-13)11-4-2-1-3-5-11;1-6-5-7(2)9(4)8(6)3;1-3-2;/h1-10H;5H,1-4H3;1-2H3;/q2*-1;;+2. The SMILES string of the molecule is C[Si](C)=[Zr+2].Cc1[cH-]c(C)c(C)c1C.Fc1ccc2[cH-]cc(-c3ccccc3)c2c1. The molecule has 0 N–H and O–H groups in total. The van der Waals surface area contributed by atoms with E-state index in [-0.39, 0.29) is 11.3 Å². The van der Waals surface area contributed by atoms with Gasteiger partial charge in [0.25, 0.3) is 0 Å². The molecular formula is C26H29FSiZr. The average molecular weight is 480 g/mol. The quantitative estimate of drug-likeness (QED) is 0.193. The Bertz CT molecular complexity index is 1060. The molecule has 0 heterocycles. The molecule has 0 nitrogen and oxygen atoms in total. The van der Waals surface area contributed by atoms with E-state index in [1.165, 1.54) is 28.3 Å². The van der Waals surface area contributed by atoms with Crippen LogP contribution in [0.2, 0.25) is 13.1 Å². The monoisotopic (exact) mass is 478 g/mol. The van der Waals surface area contributed by atoms with E-state index in [2.05, 4.69) is 46.9 Å². The van der Waals surface area contributed by atoms with E-state index in [1.807, 2.05) is 48.5 Å². The topological polar surface area (TPSA) is 0 Å². The smallest absolute Gasteiger partial charge is 0.104 e. The molecule has 0 aliphatic heterocycles. The summed E-state index contributed by atoms with van der Waals surface area (Å²) in [5.41, 5.74) is 8.18. The Hall–Kier alpha value is -1.57. The van der Waals surface area contributed by atoms with E-state index in [0.29, 0.717) is 0 Å². The molecule has 148 valence electrons. The van der Waals surface area contributed by atoms with Crippen molar-refractivity contribution in [3.63, 3.8) is 0 Å².